The van der Waals surface area contributed by atoms with Crippen LogP contribution in [0.25, 0.3) is 0 Å². The number of halogens is 1. The van der Waals surface area contributed by atoms with E-state index in [-0.39, 0.29) is 0 Å². The van der Waals surface area contributed by atoms with Crippen molar-refractivity contribution in [2.24, 2.45) is 0 Å². The summed E-state index contributed by atoms with van der Waals surface area (Å²) in [4.78, 5) is 2.34. The summed E-state index contributed by atoms with van der Waals surface area (Å²) in [5.74, 6) is 0. The molecule has 0 bridgehead atoms. The molecular formula is C15H25ClN2. The summed E-state index contributed by atoms with van der Waals surface area (Å²) in [6.45, 7) is 8.70. The Hall–Kier alpha value is -0.570. The van der Waals surface area contributed by atoms with Gasteiger partial charge in [-0.05, 0) is 45.0 Å². The molecule has 0 radical (unpaired) electrons. The quantitative estimate of drug-likeness (QED) is 0.811. The van der Waals surface area contributed by atoms with E-state index in [4.69, 9.17) is 11.6 Å². The molecule has 3 heteroatoms. The zero-order chi connectivity index (χ0) is 13.5. The van der Waals surface area contributed by atoms with Gasteiger partial charge in [0, 0.05) is 30.2 Å². The van der Waals surface area contributed by atoms with Gasteiger partial charge in [0.05, 0.1) is 0 Å². The van der Waals surface area contributed by atoms with Crippen LogP contribution < -0.4 is 5.32 Å². The Balaban J connectivity index is 2.48. The van der Waals surface area contributed by atoms with Crippen LogP contribution in [-0.2, 0) is 0 Å². The molecule has 0 spiro atoms. The fourth-order valence-electron chi connectivity index (χ4n) is 1.89. The Morgan fingerprint density at radius 2 is 2.06 bits per heavy atom. The molecule has 1 N–H and O–H groups in total. The smallest absolute Gasteiger partial charge is 0.0409 e. The van der Waals surface area contributed by atoms with E-state index in [1.165, 1.54) is 5.56 Å². The summed E-state index contributed by atoms with van der Waals surface area (Å²) in [6.07, 6.45) is 1.08. The minimum Gasteiger partial charge on any atom is -0.309 e. The molecule has 1 unspecified atom stereocenters. The first-order valence-corrected chi connectivity index (χ1v) is 7.11. The van der Waals surface area contributed by atoms with E-state index in [0.717, 1.165) is 24.5 Å². The van der Waals surface area contributed by atoms with Gasteiger partial charge in [-0.25, -0.2) is 0 Å². The molecule has 102 valence electrons. The lowest BCUT2D eigenvalue weighted by atomic mass is 10.0. The fraction of sp³-hybridized carbons (Fsp3) is 0.600. The van der Waals surface area contributed by atoms with Crippen molar-refractivity contribution in [1.82, 2.24) is 10.2 Å². The summed E-state index contributed by atoms with van der Waals surface area (Å²) < 4.78 is 0. The molecule has 1 atom stereocenters. The highest BCUT2D eigenvalue weighted by Gasteiger charge is 2.09. The van der Waals surface area contributed by atoms with E-state index >= 15 is 0 Å². The number of rotatable bonds is 7. The maximum atomic E-state index is 6.04. The summed E-state index contributed by atoms with van der Waals surface area (Å²) in [5, 5.41) is 4.41. The number of hydrogen-bond donors (Lipinski definition) is 1. The van der Waals surface area contributed by atoms with Crippen molar-refractivity contribution in [1.29, 1.82) is 0 Å². The van der Waals surface area contributed by atoms with Crippen molar-refractivity contribution in [2.45, 2.75) is 39.3 Å². The van der Waals surface area contributed by atoms with E-state index in [2.05, 4.69) is 50.2 Å². The molecular weight excluding hydrogens is 244 g/mol. The maximum absolute atomic E-state index is 6.04. The topological polar surface area (TPSA) is 15.3 Å². The van der Waals surface area contributed by atoms with Crippen molar-refractivity contribution >= 4 is 11.6 Å². The molecule has 0 fully saturated rings. The number of benzene rings is 1. The van der Waals surface area contributed by atoms with Crippen LogP contribution >= 0.6 is 11.6 Å². The second-order valence-electron chi connectivity index (χ2n) is 5.04. The molecule has 0 aliphatic rings. The number of nitrogens with one attached hydrogen (secondary N) is 1. The molecule has 18 heavy (non-hydrogen) atoms. The predicted octanol–water partition coefficient (Wildman–Crippen LogP) is 3.72. The van der Waals surface area contributed by atoms with E-state index in [9.17, 15) is 0 Å². The molecule has 0 aromatic heterocycles. The van der Waals surface area contributed by atoms with Crippen LogP contribution in [0.5, 0.6) is 0 Å². The third kappa shape index (κ3) is 4.97. The van der Waals surface area contributed by atoms with Crippen LogP contribution in [0, 0.1) is 0 Å². The molecule has 0 amide bonds. The molecule has 2 nitrogen and oxygen atoms in total. The number of likely N-dealkylation sites (N-methyl/N-ethyl adjacent to an activating group) is 1. The molecule has 0 saturated heterocycles. The SMILES string of the molecule is CCC(NCCN(C)C(C)C)c1cccc(Cl)c1. The van der Waals surface area contributed by atoms with Crippen LogP contribution in [0.2, 0.25) is 5.02 Å². The second kappa shape index (κ2) is 7.78. The van der Waals surface area contributed by atoms with Crippen LogP contribution in [0.15, 0.2) is 24.3 Å². The molecule has 1 aromatic carbocycles. The number of hydrogen-bond acceptors (Lipinski definition) is 2. The average Bonchev–Trinajstić information content (AvgIpc) is 2.34. The molecule has 1 rings (SSSR count). The zero-order valence-corrected chi connectivity index (χ0v) is 12.7. The summed E-state index contributed by atoms with van der Waals surface area (Å²) in [5.41, 5.74) is 1.28. The molecule has 1 aromatic rings. The maximum Gasteiger partial charge on any atom is 0.0409 e. The Labute approximate surface area is 116 Å². The van der Waals surface area contributed by atoms with Crippen LogP contribution in [-0.4, -0.2) is 31.1 Å². The molecule has 0 aliphatic carbocycles. The Morgan fingerprint density at radius 3 is 2.61 bits per heavy atom. The van der Waals surface area contributed by atoms with Crippen LogP contribution in [0.3, 0.4) is 0 Å². The van der Waals surface area contributed by atoms with Crippen molar-refractivity contribution in [3.8, 4) is 0 Å². The van der Waals surface area contributed by atoms with Crippen LogP contribution in [0.4, 0.5) is 0 Å². The van der Waals surface area contributed by atoms with Gasteiger partial charge in [-0.3, -0.25) is 0 Å². The Bertz CT molecular complexity index is 352. The highest BCUT2D eigenvalue weighted by Crippen LogP contribution is 2.19. The van der Waals surface area contributed by atoms with Gasteiger partial charge in [0.25, 0.3) is 0 Å². The van der Waals surface area contributed by atoms with Crippen molar-refractivity contribution in [3.05, 3.63) is 34.9 Å². The number of nitrogens with zero attached hydrogens (tertiary/aromatic N) is 1. The second-order valence-corrected chi connectivity index (χ2v) is 5.48. The van der Waals surface area contributed by atoms with Gasteiger partial charge in [0.1, 0.15) is 0 Å². The minimum absolute atomic E-state index is 0.393. The summed E-state index contributed by atoms with van der Waals surface area (Å²) in [7, 11) is 2.16. The highest BCUT2D eigenvalue weighted by atomic mass is 35.5. The van der Waals surface area contributed by atoms with Gasteiger partial charge < -0.3 is 10.2 Å². The van der Waals surface area contributed by atoms with Gasteiger partial charge in [-0.15, -0.1) is 0 Å². The third-order valence-electron chi connectivity index (χ3n) is 3.40. The lowest BCUT2D eigenvalue weighted by Gasteiger charge is -2.23. The monoisotopic (exact) mass is 268 g/mol. The average molecular weight is 269 g/mol. The standard InChI is InChI=1S/C15H25ClN2/c1-5-15(13-7-6-8-14(16)11-13)17-9-10-18(4)12(2)3/h6-8,11-12,15,17H,5,9-10H2,1-4H3. The van der Waals surface area contributed by atoms with Gasteiger partial charge >= 0.3 is 0 Å². The van der Waals surface area contributed by atoms with Gasteiger partial charge in [0.2, 0.25) is 0 Å². The van der Waals surface area contributed by atoms with Gasteiger partial charge in [-0.2, -0.15) is 0 Å². The Kier molecular flexibility index (Phi) is 6.69. The minimum atomic E-state index is 0.393. The molecule has 0 saturated carbocycles. The fourth-order valence-corrected chi connectivity index (χ4v) is 2.09. The van der Waals surface area contributed by atoms with Crippen LogP contribution in [0.1, 0.15) is 38.8 Å². The van der Waals surface area contributed by atoms with E-state index < -0.39 is 0 Å². The van der Waals surface area contributed by atoms with Crippen molar-refractivity contribution < 1.29 is 0 Å². The molecule has 0 heterocycles. The molecule has 0 aliphatic heterocycles. The lowest BCUT2D eigenvalue weighted by Crippen LogP contribution is -2.35. The van der Waals surface area contributed by atoms with E-state index in [1.807, 2.05) is 12.1 Å². The first-order chi connectivity index (χ1) is 8.54. The van der Waals surface area contributed by atoms with Crippen molar-refractivity contribution in [3.63, 3.8) is 0 Å². The summed E-state index contributed by atoms with van der Waals surface area (Å²) in [6, 6.07) is 9.11. The Morgan fingerprint density at radius 1 is 1.33 bits per heavy atom. The van der Waals surface area contributed by atoms with E-state index in [1.54, 1.807) is 0 Å². The van der Waals surface area contributed by atoms with Gasteiger partial charge in [-0.1, -0.05) is 30.7 Å². The lowest BCUT2D eigenvalue weighted by molar-refractivity contribution is 0.268. The largest absolute Gasteiger partial charge is 0.309 e. The first kappa shape index (κ1) is 15.5. The predicted molar refractivity (Wildman–Crippen MR) is 80.3 cm³/mol. The van der Waals surface area contributed by atoms with Crippen molar-refractivity contribution in [2.75, 3.05) is 20.1 Å². The zero-order valence-electron chi connectivity index (χ0n) is 11.9. The van der Waals surface area contributed by atoms with E-state index in [0.29, 0.717) is 12.1 Å². The summed E-state index contributed by atoms with van der Waals surface area (Å²) >= 11 is 6.04. The third-order valence-corrected chi connectivity index (χ3v) is 3.63. The highest BCUT2D eigenvalue weighted by molar-refractivity contribution is 6.30. The first-order valence-electron chi connectivity index (χ1n) is 6.73. The van der Waals surface area contributed by atoms with Gasteiger partial charge in [0.15, 0.2) is 0 Å². The normalized spacial score (nSPS) is 13.3.